The molecule has 0 bridgehead atoms. The molecule has 94 valence electrons. The van der Waals surface area contributed by atoms with Gasteiger partial charge in [-0.15, -0.1) is 0 Å². The van der Waals surface area contributed by atoms with Crippen LogP contribution in [0.2, 0.25) is 0 Å². The quantitative estimate of drug-likeness (QED) is 0.806. The summed E-state index contributed by atoms with van der Waals surface area (Å²) in [6.45, 7) is 8.00. The summed E-state index contributed by atoms with van der Waals surface area (Å²) in [7, 11) is 1.52. The predicted octanol–water partition coefficient (Wildman–Crippen LogP) is 2.35. The van der Waals surface area contributed by atoms with Gasteiger partial charge in [0.05, 0.1) is 7.11 Å². The molecule has 1 aromatic rings. The third kappa shape index (κ3) is 2.96. The van der Waals surface area contributed by atoms with E-state index in [-0.39, 0.29) is 18.0 Å². The summed E-state index contributed by atoms with van der Waals surface area (Å²) in [6.07, 6.45) is 1.62. The van der Waals surface area contributed by atoms with Crippen LogP contribution in [0.4, 0.5) is 0 Å². The van der Waals surface area contributed by atoms with E-state index in [2.05, 4.69) is 4.98 Å². The number of amides is 1. The highest BCUT2D eigenvalue weighted by atomic mass is 16.5. The third-order valence-corrected chi connectivity index (χ3v) is 2.54. The number of ether oxygens (including phenoxy) is 1. The highest BCUT2D eigenvalue weighted by Crippen LogP contribution is 2.19. The van der Waals surface area contributed by atoms with Crippen LogP contribution in [0.5, 0.6) is 5.88 Å². The molecular formula is C13H20N2O2. The van der Waals surface area contributed by atoms with Crippen molar-refractivity contribution in [1.82, 2.24) is 9.88 Å². The molecule has 0 saturated heterocycles. The Labute approximate surface area is 103 Å². The number of methoxy groups -OCH3 is 1. The molecule has 1 amide bonds. The number of rotatable bonds is 4. The molecule has 1 aromatic heterocycles. The largest absolute Gasteiger partial charge is 0.480 e. The number of carbonyl (C=O) groups is 1. The normalized spacial score (nSPS) is 10.8. The lowest BCUT2D eigenvalue weighted by atomic mass is 10.1. The zero-order valence-corrected chi connectivity index (χ0v) is 11.1. The maximum Gasteiger partial charge on any atom is 0.259 e. The van der Waals surface area contributed by atoms with Crippen LogP contribution in [0.1, 0.15) is 38.1 Å². The van der Waals surface area contributed by atoms with Crippen LogP contribution in [-0.2, 0) is 0 Å². The highest BCUT2D eigenvalue weighted by Gasteiger charge is 2.24. The fourth-order valence-corrected chi connectivity index (χ4v) is 1.92. The van der Waals surface area contributed by atoms with E-state index in [9.17, 15) is 4.79 Å². The molecule has 4 nitrogen and oxygen atoms in total. The van der Waals surface area contributed by atoms with Gasteiger partial charge in [0.2, 0.25) is 5.88 Å². The Morgan fingerprint density at radius 1 is 1.29 bits per heavy atom. The molecule has 17 heavy (non-hydrogen) atoms. The van der Waals surface area contributed by atoms with Gasteiger partial charge in [0, 0.05) is 18.3 Å². The van der Waals surface area contributed by atoms with Crippen LogP contribution in [-0.4, -0.2) is 35.0 Å². The Balaban J connectivity index is 3.09. The molecule has 0 atom stereocenters. The maximum atomic E-state index is 12.4. The second-order valence-corrected chi connectivity index (χ2v) is 4.46. The maximum absolute atomic E-state index is 12.4. The van der Waals surface area contributed by atoms with E-state index in [0.29, 0.717) is 11.4 Å². The van der Waals surface area contributed by atoms with Crippen molar-refractivity contribution in [2.24, 2.45) is 0 Å². The molecule has 0 radical (unpaired) electrons. The minimum Gasteiger partial charge on any atom is -0.480 e. The van der Waals surface area contributed by atoms with Gasteiger partial charge in [-0.2, -0.15) is 0 Å². The Kier molecular flexibility index (Phi) is 4.49. The number of hydrogen-bond acceptors (Lipinski definition) is 3. The monoisotopic (exact) mass is 236 g/mol. The lowest BCUT2D eigenvalue weighted by Gasteiger charge is -2.31. The van der Waals surface area contributed by atoms with Gasteiger partial charge in [-0.3, -0.25) is 4.79 Å². The fraction of sp³-hybridized carbons (Fsp3) is 0.538. The molecular weight excluding hydrogens is 216 g/mol. The highest BCUT2D eigenvalue weighted by molar-refractivity contribution is 5.96. The molecule has 0 spiro atoms. The van der Waals surface area contributed by atoms with Gasteiger partial charge in [0.1, 0.15) is 5.56 Å². The molecule has 0 N–H and O–H groups in total. The van der Waals surface area contributed by atoms with Gasteiger partial charge < -0.3 is 9.64 Å². The summed E-state index contributed by atoms with van der Waals surface area (Å²) in [6, 6.07) is 3.78. The topological polar surface area (TPSA) is 42.4 Å². The first-order valence-corrected chi connectivity index (χ1v) is 5.80. The van der Waals surface area contributed by atoms with Crippen LogP contribution in [0, 0.1) is 0 Å². The Hall–Kier alpha value is -1.58. The smallest absolute Gasteiger partial charge is 0.259 e. The van der Waals surface area contributed by atoms with Gasteiger partial charge in [-0.1, -0.05) is 0 Å². The number of aromatic nitrogens is 1. The van der Waals surface area contributed by atoms with Crippen LogP contribution in [0.15, 0.2) is 18.3 Å². The Bertz CT molecular complexity index is 381. The number of carbonyl (C=O) groups excluding carboxylic acids is 1. The molecule has 0 fully saturated rings. The second kappa shape index (κ2) is 5.66. The molecule has 0 aliphatic rings. The van der Waals surface area contributed by atoms with Gasteiger partial charge in [-0.05, 0) is 39.8 Å². The SMILES string of the molecule is COc1ncccc1C(=O)N(C(C)C)C(C)C. The summed E-state index contributed by atoms with van der Waals surface area (Å²) in [5, 5.41) is 0. The van der Waals surface area contributed by atoms with Crippen molar-refractivity contribution in [3.63, 3.8) is 0 Å². The van der Waals surface area contributed by atoms with Gasteiger partial charge in [-0.25, -0.2) is 4.98 Å². The van der Waals surface area contributed by atoms with Gasteiger partial charge >= 0.3 is 0 Å². The van der Waals surface area contributed by atoms with E-state index in [0.717, 1.165) is 0 Å². The van der Waals surface area contributed by atoms with Crippen LogP contribution in [0.3, 0.4) is 0 Å². The van der Waals surface area contributed by atoms with Crippen molar-refractivity contribution in [3.05, 3.63) is 23.9 Å². The molecule has 0 unspecified atom stereocenters. The van der Waals surface area contributed by atoms with Crippen molar-refractivity contribution in [2.75, 3.05) is 7.11 Å². The zero-order valence-electron chi connectivity index (χ0n) is 11.1. The van der Waals surface area contributed by atoms with Crippen molar-refractivity contribution in [2.45, 2.75) is 39.8 Å². The fourth-order valence-electron chi connectivity index (χ4n) is 1.92. The van der Waals surface area contributed by atoms with E-state index < -0.39 is 0 Å². The minimum atomic E-state index is -0.0417. The molecule has 1 rings (SSSR count). The molecule has 0 aliphatic carbocycles. The number of nitrogens with zero attached hydrogens (tertiary/aromatic N) is 2. The van der Waals surface area contributed by atoms with Crippen molar-refractivity contribution < 1.29 is 9.53 Å². The molecule has 0 saturated carbocycles. The average molecular weight is 236 g/mol. The van der Waals surface area contributed by atoms with E-state index in [4.69, 9.17) is 4.74 Å². The van der Waals surface area contributed by atoms with Crippen molar-refractivity contribution in [3.8, 4) is 5.88 Å². The van der Waals surface area contributed by atoms with E-state index in [1.165, 1.54) is 7.11 Å². The van der Waals surface area contributed by atoms with Crippen molar-refractivity contribution in [1.29, 1.82) is 0 Å². The molecule has 1 heterocycles. The second-order valence-electron chi connectivity index (χ2n) is 4.46. The summed E-state index contributed by atoms with van der Waals surface area (Å²) in [5.74, 6) is 0.337. The van der Waals surface area contributed by atoms with E-state index >= 15 is 0 Å². The molecule has 0 aliphatic heterocycles. The first-order valence-electron chi connectivity index (χ1n) is 5.80. The Morgan fingerprint density at radius 2 is 1.88 bits per heavy atom. The van der Waals surface area contributed by atoms with Crippen LogP contribution < -0.4 is 4.74 Å². The molecule has 0 aromatic carbocycles. The lowest BCUT2D eigenvalue weighted by molar-refractivity contribution is 0.0639. The summed E-state index contributed by atoms with van der Waals surface area (Å²) < 4.78 is 5.12. The van der Waals surface area contributed by atoms with Crippen LogP contribution >= 0.6 is 0 Å². The Morgan fingerprint density at radius 3 is 2.35 bits per heavy atom. The average Bonchev–Trinajstić information content (AvgIpc) is 2.27. The van der Waals surface area contributed by atoms with Crippen LogP contribution in [0.25, 0.3) is 0 Å². The predicted molar refractivity (Wildman–Crippen MR) is 67.2 cm³/mol. The number of pyridine rings is 1. The van der Waals surface area contributed by atoms with Gasteiger partial charge in [0.15, 0.2) is 0 Å². The molecule has 4 heteroatoms. The summed E-state index contributed by atoms with van der Waals surface area (Å²) >= 11 is 0. The van der Waals surface area contributed by atoms with E-state index in [1.807, 2.05) is 32.6 Å². The first kappa shape index (κ1) is 13.5. The number of hydrogen-bond donors (Lipinski definition) is 0. The van der Waals surface area contributed by atoms with Crippen molar-refractivity contribution >= 4 is 5.91 Å². The van der Waals surface area contributed by atoms with E-state index in [1.54, 1.807) is 18.3 Å². The standard InChI is InChI=1S/C13H20N2O2/c1-9(2)15(10(3)4)13(16)11-7-6-8-14-12(11)17-5/h6-10H,1-5H3. The zero-order chi connectivity index (χ0) is 13.0. The lowest BCUT2D eigenvalue weighted by Crippen LogP contribution is -2.42. The summed E-state index contributed by atoms with van der Waals surface area (Å²) in [4.78, 5) is 18.3. The minimum absolute atomic E-state index is 0.0417. The van der Waals surface area contributed by atoms with Gasteiger partial charge in [0.25, 0.3) is 5.91 Å². The summed E-state index contributed by atoms with van der Waals surface area (Å²) in [5.41, 5.74) is 0.511. The first-order chi connectivity index (χ1) is 7.99. The third-order valence-electron chi connectivity index (χ3n) is 2.54.